The first-order valence-electron chi connectivity index (χ1n) is 8.68. The number of hydrogen-bond acceptors (Lipinski definition) is 3. The Hall–Kier alpha value is -2.09. The molecule has 1 aromatic carbocycles. The monoisotopic (exact) mass is 368 g/mol. The summed E-state index contributed by atoms with van der Waals surface area (Å²) in [6.07, 6.45) is -3.40. The molecule has 1 fully saturated rings. The van der Waals surface area contributed by atoms with Crippen LogP contribution in [0.5, 0.6) is 0 Å². The standard InChI is InChI=1S/C18H23F3N4O/c1-12-4-5-13(2)14(10-12)11-24-8-6-15(7-9-24)25-17(26)23(3)16(22-25)18(19,20)21/h4-5,10,15H,6-9,11H2,1-3H3. The maximum absolute atomic E-state index is 12.9. The van der Waals surface area contributed by atoms with Gasteiger partial charge in [0, 0.05) is 26.7 Å². The minimum Gasteiger partial charge on any atom is -0.299 e. The van der Waals surface area contributed by atoms with E-state index < -0.39 is 17.7 Å². The van der Waals surface area contributed by atoms with Crippen LogP contribution < -0.4 is 5.69 Å². The zero-order valence-electron chi connectivity index (χ0n) is 15.2. The first-order chi connectivity index (χ1) is 12.2. The molecular weight excluding hydrogens is 345 g/mol. The highest BCUT2D eigenvalue weighted by molar-refractivity contribution is 5.30. The summed E-state index contributed by atoms with van der Waals surface area (Å²) in [5.74, 6) is -1.14. The van der Waals surface area contributed by atoms with E-state index in [1.54, 1.807) is 0 Å². The summed E-state index contributed by atoms with van der Waals surface area (Å²) in [7, 11) is 1.12. The normalized spacial score (nSPS) is 17.0. The highest BCUT2D eigenvalue weighted by Gasteiger charge is 2.39. The minimum absolute atomic E-state index is 0.292. The summed E-state index contributed by atoms with van der Waals surface area (Å²) in [5, 5.41) is 3.56. The lowest BCUT2D eigenvalue weighted by Crippen LogP contribution is -2.37. The van der Waals surface area contributed by atoms with Crippen molar-refractivity contribution in [2.24, 2.45) is 7.05 Å². The topological polar surface area (TPSA) is 43.1 Å². The Morgan fingerprint density at radius 1 is 1.19 bits per heavy atom. The van der Waals surface area contributed by atoms with Crippen LogP contribution in [0.1, 0.15) is 41.4 Å². The van der Waals surface area contributed by atoms with Crippen molar-refractivity contribution >= 4 is 0 Å². The largest absolute Gasteiger partial charge is 0.451 e. The van der Waals surface area contributed by atoms with Gasteiger partial charge in [-0.2, -0.15) is 13.2 Å². The fourth-order valence-electron chi connectivity index (χ4n) is 3.47. The molecule has 8 heteroatoms. The average Bonchev–Trinajstić information content (AvgIpc) is 2.88. The van der Waals surface area contributed by atoms with E-state index in [9.17, 15) is 18.0 Å². The number of aromatic nitrogens is 3. The zero-order valence-corrected chi connectivity index (χ0v) is 15.2. The first-order valence-corrected chi connectivity index (χ1v) is 8.68. The minimum atomic E-state index is -4.62. The molecule has 2 heterocycles. The van der Waals surface area contributed by atoms with Gasteiger partial charge < -0.3 is 0 Å². The van der Waals surface area contributed by atoms with Gasteiger partial charge in [0.15, 0.2) is 0 Å². The Kier molecular flexibility index (Phi) is 4.96. The van der Waals surface area contributed by atoms with Crippen LogP contribution in [0.3, 0.4) is 0 Å². The van der Waals surface area contributed by atoms with Crippen LogP contribution in [0.2, 0.25) is 0 Å². The molecule has 0 aliphatic carbocycles. The highest BCUT2D eigenvalue weighted by atomic mass is 19.4. The van der Waals surface area contributed by atoms with Crippen molar-refractivity contribution in [3.63, 3.8) is 0 Å². The van der Waals surface area contributed by atoms with Gasteiger partial charge in [-0.3, -0.25) is 9.47 Å². The van der Waals surface area contributed by atoms with Crippen LogP contribution in [-0.4, -0.2) is 32.3 Å². The van der Waals surface area contributed by atoms with Gasteiger partial charge in [0.2, 0.25) is 5.82 Å². The molecule has 1 aromatic heterocycles. The van der Waals surface area contributed by atoms with E-state index in [-0.39, 0.29) is 6.04 Å². The molecule has 0 bridgehead atoms. The third-order valence-corrected chi connectivity index (χ3v) is 5.06. The van der Waals surface area contributed by atoms with Crippen LogP contribution in [0.4, 0.5) is 13.2 Å². The molecule has 1 saturated heterocycles. The summed E-state index contributed by atoms with van der Waals surface area (Å²) in [6.45, 7) is 6.39. The quantitative estimate of drug-likeness (QED) is 0.836. The van der Waals surface area contributed by atoms with Crippen molar-refractivity contribution < 1.29 is 13.2 Å². The Morgan fingerprint density at radius 3 is 2.42 bits per heavy atom. The van der Waals surface area contributed by atoms with E-state index in [4.69, 9.17) is 0 Å². The Morgan fingerprint density at radius 2 is 1.85 bits per heavy atom. The van der Waals surface area contributed by atoms with Gasteiger partial charge in [-0.25, -0.2) is 9.48 Å². The molecule has 3 rings (SSSR count). The smallest absolute Gasteiger partial charge is 0.299 e. The second-order valence-electron chi connectivity index (χ2n) is 7.04. The van der Waals surface area contributed by atoms with Crippen LogP contribution in [0.25, 0.3) is 0 Å². The Bertz CT molecular complexity index is 845. The van der Waals surface area contributed by atoms with E-state index in [1.165, 1.54) is 16.7 Å². The number of likely N-dealkylation sites (tertiary alicyclic amines) is 1. The molecule has 0 N–H and O–H groups in total. The van der Waals surface area contributed by atoms with Crippen molar-refractivity contribution in [3.8, 4) is 0 Å². The fourth-order valence-corrected chi connectivity index (χ4v) is 3.47. The van der Waals surface area contributed by atoms with Gasteiger partial charge in [-0.1, -0.05) is 23.8 Å². The third kappa shape index (κ3) is 3.70. The van der Waals surface area contributed by atoms with Crippen LogP contribution >= 0.6 is 0 Å². The third-order valence-electron chi connectivity index (χ3n) is 5.06. The number of nitrogens with zero attached hydrogens (tertiary/aromatic N) is 4. The van der Waals surface area contributed by atoms with Crippen LogP contribution in [-0.2, 0) is 19.8 Å². The fraction of sp³-hybridized carbons (Fsp3) is 0.556. The van der Waals surface area contributed by atoms with Crippen molar-refractivity contribution in [3.05, 3.63) is 51.2 Å². The molecule has 0 radical (unpaired) electrons. The lowest BCUT2D eigenvalue weighted by Gasteiger charge is -2.32. The van der Waals surface area contributed by atoms with Gasteiger partial charge in [0.05, 0.1) is 6.04 Å². The SMILES string of the molecule is Cc1ccc(C)c(CN2CCC(n3nc(C(F)(F)F)n(C)c3=O)CC2)c1. The predicted octanol–water partition coefficient (Wildman–Crippen LogP) is 3.05. The number of halogens is 3. The number of piperidine rings is 1. The second-order valence-corrected chi connectivity index (χ2v) is 7.04. The van der Waals surface area contributed by atoms with Crippen LogP contribution in [0.15, 0.2) is 23.0 Å². The highest BCUT2D eigenvalue weighted by Crippen LogP contribution is 2.28. The molecular formula is C18H23F3N4O. The maximum atomic E-state index is 12.9. The van der Waals surface area contributed by atoms with Gasteiger partial charge in [0.25, 0.3) is 0 Å². The summed E-state index contributed by atoms with van der Waals surface area (Å²) >= 11 is 0. The summed E-state index contributed by atoms with van der Waals surface area (Å²) in [4.78, 5) is 14.4. The lowest BCUT2D eigenvalue weighted by molar-refractivity contribution is -0.147. The molecule has 0 unspecified atom stereocenters. The lowest BCUT2D eigenvalue weighted by atomic mass is 10.0. The van der Waals surface area contributed by atoms with Gasteiger partial charge in [0.1, 0.15) is 0 Å². The van der Waals surface area contributed by atoms with Gasteiger partial charge in [-0.05, 0) is 37.8 Å². The first kappa shape index (κ1) is 18.7. The van der Waals surface area contributed by atoms with Crippen molar-refractivity contribution in [1.82, 2.24) is 19.2 Å². The second kappa shape index (κ2) is 6.90. The molecule has 1 aliphatic heterocycles. The Balaban J connectivity index is 1.69. The average molecular weight is 368 g/mol. The van der Waals surface area contributed by atoms with E-state index in [1.807, 2.05) is 0 Å². The number of aryl methyl sites for hydroxylation is 2. The summed E-state index contributed by atoms with van der Waals surface area (Å²) in [6, 6.07) is 6.06. The van der Waals surface area contributed by atoms with Crippen LogP contribution in [0, 0.1) is 13.8 Å². The molecule has 142 valence electrons. The van der Waals surface area contributed by atoms with E-state index >= 15 is 0 Å². The van der Waals surface area contributed by atoms with E-state index in [2.05, 4.69) is 42.0 Å². The molecule has 0 amide bonds. The number of alkyl halides is 3. The molecule has 0 spiro atoms. The van der Waals surface area contributed by atoms with Gasteiger partial charge >= 0.3 is 11.9 Å². The van der Waals surface area contributed by atoms with E-state index in [0.29, 0.717) is 17.4 Å². The maximum Gasteiger partial charge on any atom is 0.451 e. The Labute approximate surface area is 150 Å². The molecule has 0 atom stereocenters. The number of benzene rings is 1. The summed E-state index contributed by atoms with van der Waals surface area (Å²) in [5.41, 5.74) is 3.00. The molecule has 5 nitrogen and oxygen atoms in total. The molecule has 1 aliphatic rings. The number of hydrogen-bond donors (Lipinski definition) is 0. The molecule has 2 aromatic rings. The number of rotatable bonds is 3. The van der Waals surface area contributed by atoms with Gasteiger partial charge in [-0.15, -0.1) is 5.10 Å². The summed E-state index contributed by atoms with van der Waals surface area (Å²) < 4.78 is 40.4. The molecule has 26 heavy (non-hydrogen) atoms. The zero-order chi connectivity index (χ0) is 19.1. The van der Waals surface area contributed by atoms with E-state index in [0.717, 1.165) is 31.4 Å². The van der Waals surface area contributed by atoms with Crippen molar-refractivity contribution in [2.45, 2.75) is 45.5 Å². The molecule has 0 saturated carbocycles. The van der Waals surface area contributed by atoms with Crippen molar-refractivity contribution in [1.29, 1.82) is 0 Å². The predicted molar refractivity (Wildman–Crippen MR) is 91.9 cm³/mol. The van der Waals surface area contributed by atoms with Crippen molar-refractivity contribution in [2.75, 3.05) is 13.1 Å².